The van der Waals surface area contributed by atoms with Gasteiger partial charge in [-0.1, -0.05) is 28.1 Å². The van der Waals surface area contributed by atoms with Gasteiger partial charge in [-0.15, -0.1) is 0 Å². The van der Waals surface area contributed by atoms with Gasteiger partial charge in [0.15, 0.2) is 11.4 Å². The Morgan fingerprint density at radius 2 is 1.79 bits per heavy atom. The Labute approximate surface area is 173 Å². The molecule has 2 aromatic carbocycles. The fraction of sp³-hybridized carbons (Fsp3) is 0.100. The van der Waals surface area contributed by atoms with E-state index < -0.39 is 23.2 Å². The molecule has 3 aromatic rings. The zero-order chi connectivity index (χ0) is 21.0. The average molecular weight is 458 g/mol. The van der Waals surface area contributed by atoms with Crippen molar-refractivity contribution in [1.82, 2.24) is 15.1 Å². The van der Waals surface area contributed by atoms with E-state index in [2.05, 4.69) is 31.1 Å². The molecule has 0 unspecified atom stereocenters. The summed E-state index contributed by atoms with van der Waals surface area (Å²) in [7, 11) is 1.30. The number of hydrogen-bond acceptors (Lipinski definition) is 6. The Balaban J connectivity index is 1.78. The minimum absolute atomic E-state index is 0.138. The lowest BCUT2D eigenvalue weighted by Crippen LogP contribution is -2.29. The van der Waals surface area contributed by atoms with Gasteiger partial charge in [-0.25, -0.2) is 4.79 Å². The van der Waals surface area contributed by atoms with Crippen molar-refractivity contribution < 1.29 is 19.4 Å². The molecule has 1 aromatic heterocycles. The number of esters is 1. The quantitative estimate of drug-likeness (QED) is 0.569. The van der Waals surface area contributed by atoms with E-state index in [0.717, 1.165) is 20.8 Å². The van der Waals surface area contributed by atoms with Gasteiger partial charge in [0.05, 0.1) is 18.4 Å². The molecule has 0 saturated carbocycles. The Bertz CT molecular complexity index is 1110. The van der Waals surface area contributed by atoms with Crippen molar-refractivity contribution in [3.8, 4) is 11.4 Å². The maximum absolute atomic E-state index is 12.5. The number of rotatable bonds is 5. The van der Waals surface area contributed by atoms with Crippen molar-refractivity contribution in [3.05, 3.63) is 86.2 Å². The second-order valence-corrected chi connectivity index (χ2v) is 6.89. The van der Waals surface area contributed by atoms with Crippen LogP contribution in [0, 0.1) is 0 Å². The van der Waals surface area contributed by atoms with Crippen LogP contribution < -0.4 is 10.9 Å². The Kier molecular flexibility index (Phi) is 6.08. The van der Waals surface area contributed by atoms with Crippen LogP contribution in [-0.4, -0.2) is 33.9 Å². The third kappa shape index (κ3) is 4.69. The fourth-order valence-corrected chi connectivity index (χ4v) is 2.78. The number of nitrogens with zero attached hydrogens (tertiary/aromatic N) is 2. The monoisotopic (exact) mass is 457 g/mol. The minimum Gasteiger partial charge on any atom is -0.505 e. The molecule has 148 valence electrons. The molecule has 9 heteroatoms. The van der Waals surface area contributed by atoms with Crippen molar-refractivity contribution >= 4 is 27.8 Å². The van der Waals surface area contributed by atoms with Crippen LogP contribution in [-0.2, 0) is 11.3 Å². The molecule has 2 N–H and O–H groups in total. The van der Waals surface area contributed by atoms with Gasteiger partial charge in [0.1, 0.15) is 0 Å². The molecule has 1 heterocycles. The van der Waals surface area contributed by atoms with E-state index >= 15 is 0 Å². The zero-order valence-corrected chi connectivity index (χ0v) is 16.8. The summed E-state index contributed by atoms with van der Waals surface area (Å²) in [4.78, 5) is 36.1. The van der Waals surface area contributed by atoms with Gasteiger partial charge in [-0.3, -0.25) is 9.59 Å². The highest BCUT2D eigenvalue weighted by Gasteiger charge is 2.17. The van der Waals surface area contributed by atoms with Gasteiger partial charge >= 0.3 is 5.97 Å². The average Bonchev–Trinajstić information content (AvgIpc) is 2.73. The first-order valence-electron chi connectivity index (χ1n) is 8.44. The molecular formula is C20H16BrN3O5. The maximum atomic E-state index is 12.5. The number of nitrogens with one attached hydrogen (secondary N) is 1. The Morgan fingerprint density at radius 1 is 1.14 bits per heavy atom. The van der Waals surface area contributed by atoms with E-state index in [9.17, 15) is 19.5 Å². The van der Waals surface area contributed by atoms with Gasteiger partial charge in [0, 0.05) is 17.1 Å². The lowest BCUT2D eigenvalue weighted by molar-refractivity contribution is 0.0600. The second kappa shape index (κ2) is 8.70. The van der Waals surface area contributed by atoms with E-state index in [-0.39, 0.29) is 12.2 Å². The molecule has 1 amide bonds. The van der Waals surface area contributed by atoms with Crippen LogP contribution in [0.3, 0.4) is 0 Å². The molecule has 29 heavy (non-hydrogen) atoms. The summed E-state index contributed by atoms with van der Waals surface area (Å²) in [5, 5.41) is 16.6. The lowest BCUT2D eigenvalue weighted by Gasteiger charge is -2.10. The largest absolute Gasteiger partial charge is 0.505 e. The van der Waals surface area contributed by atoms with Crippen LogP contribution in [0.5, 0.6) is 5.75 Å². The molecule has 0 aliphatic heterocycles. The molecular weight excluding hydrogens is 442 g/mol. The Hall–Kier alpha value is -3.46. The number of halogens is 1. The van der Waals surface area contributed by atoms with Gasteiger partial charge in [0.25, 0.3) is 11.5 Å². The van der Waals surface area contributed by atoms with Gasteiger partial charge in [-0.05, 0) is 42.0 Å². The molecule has 0 radical (unpaired) electrons. The van der Waals surface area contributed by atoms with Crippen molar-refractivity contribution in [2.24, 2.45) is 0 Å². The van der Waals surface area contributed by atoms with Crippen LogP contribution in [0.2, 0.25) is 0 Å². The van der Waals surface area contributed by atoms with Crippen molar-refractivity contribution in [3.63, 3.8) is 0 Å². The highest BCUT2D eigenvalue weighted by molar-refractivity contribution is 9.10. The summed E-state index contributed by atoms with van der Waals surface area (Å²) in [5.74, 6) is -1.61. The van der Waals surface area contributed by atoms with Crippen LogP contribution in [0.1, 0.15) is 26.4 Å². The van der Waals surface area contributed by atoms with Crippen LogP contribution in [0.25, 0.3) is 5.69 Å². The van der Waals surface area contributed by atoms with Crippen LogP contribution in [0.15, 0.2) is 63.9 Å². The highest BCUT2D eigenvalue weighted by atomic mass is 79.9. The number of amides is 1. The number of carbonyl (C=O) groups is 2. The number of ether oxygens (including phenoxy) is 1. The van der Waals surface area contributed by atoms with Gasteiger partial charge in [0.2, 0.25) is 0 Å². The van der Waals surface area contributed by atoms with E-state index in [0.29, 0.717) is 11.3 Å². The first-order valence-corrected chi connectivity index (χ1v) is 9.23. The van der Waals surface area contributed by atoms with Crippen molar-refractivity contribution in [2.75, 3.05) is 7.11 Å². The summed E-state index contributed by atoms with van der Waals surface area (Å²) in [6.45, 7) is 0.138. The summed E-state index contributed by atoms with van der Waals surface area (Å²) >= 11 is 3.31. The standard InChI is InChI=1S/C20H16BrN3O5/c1-29-20(28)13-4-2-12(3-5-13)11-22-19(27)18-16(25)10-17(26)24(23-18)15-8-6-14(21)7-9-15/h2-10,25H,11H2,1H3,(H,22,27). The Morgan fingerprint density at radius 3 is 2.41 bits per heavy atom. The van der Waals surface area contributed by atoms with Gasteiger partial charge < -0.3 is 15.2 Å². The molecule has 3 rings (SSSR count). The predicted molar refractivity (Wildman–Crippen MR) is 108 cm³/mol. The number of benzene rings is 2. The number of carbonyl (C=O) groups excluding carboxylic acids is 2. The van der Waals surface area contributed by atoms with E-state index in [1.807, 2.05) is 0 Å². The molecule has 0 spiro atoms. The van der Waals surface area contributed by atoms with Gasteiger partial charge in [-0.2, -0.15) is 9.78 Å². The highest BCUT2D eigenvalue weighted by Crippen LogP contribution is 2.15. The molecule has 0 aliphatic carbocycles. The molecule has 0 aliphatic rings. The number of hydrogen-bond donors (Lipinski definition) is 2. The molecule has 0 atom stereocenters. The number of methoxy groups -OCH3 is 1. The number of aromatic hydroxyl groups is 1. The lowest BCUT2D eigenvalue weighted by atomic mass is 10.1. The smallest absolute Gasteiger partial charge is 0.337 e. The van der Waals surface area contributed by atoms with E-state index in [1.54, 1.807) is 48.5 Å². The first kappa shape index (κ1) is 20.3. The van der Waals surface area contributed by atoms with Crippen molar-refractivity contribution in [1.29, 1.82) is 0 Å². The topological polar surface area (TPSA) is 111 Å². The fourth-order valence-electron chi connectivity index (χ4n) is 2.52. The summed E-state index contributed by atoms with van der Waals surface area (Å²) in [6, 6.07) is 14.2. The second-order valence-electron chi connectivity index (χ2n) is 5.98. The summed E-state index contributed by atoms with van der Waals surface area (Å²) < 4.78 is 6.49. The van der Waals surface area contributed by atoms with Crippen LogP contribution >= 0.6 is 15.9 Å². The van der Waals surface area contributed by atoms with E-state index in [1.165, 1.54) is 7.11 Å². The summed E-state index contributed by atoms with van der Waals surface area (Å²) in [6.07, 6.45) is 0. The summed E-state index contributed by atoms with van der Waals surface area (Å²) in [5.41, 5.74) is 0.722. The van der Waals surface area contributed by atoms with E-state index in [4.69, 9.17) is 0 Å². The molecule has 8 nitrogen and oxygen atoms in total. The molecule has 0 fully saturated rings. The maximum Gasteiger partial charge on any atom is 0.337 e. The normalized spacial score (nSPS) is 10.4. The minimum atomic E-state index is -0.648. The predicted octanol–water partition coefficient (Wildman–Crippen LogP) is 2.42. The molecule has 0 saturated heterocycles. The molecule has 0 bridgehead atoms. The van der Waals surface area contributed by atoms with Crippen molar-refractivity contribution in [2.45, 2.75) is 6.54 Å². The SMILES string of the molecule is COC(=O)c1ccc(CNC(=O)c2nn(-c3ccc(Br)cc3)c(=O)cc2O)cc1. The third-order valence-corrected chi connectivity index (χ3v) is 4.55. The zero-order valence-electron chi connectivity index (χ0n) is 15.3. The van der Waals surface area contributed by atoms with Crippen LogP contribution in [0.4, 0.5) is 0 Å². The number of aromatic nitrogens is 2. The third-order valence-electron chi connectivity index (χ3n) is 4.03. The first-order chi connectivity index (χ1) is 13.9.